The Morgan fingerprint density at radius 3 is 2.76 bits per heavy atom. The van der Waals surface area contributed by atoms with E-state index in [9.17, 15) is 8.42 Å². The van der Waals surface area contributed by atoms with E-state index in [4.69, 9.17) is 9.88 Å². The number of rotatable bonds is 3. The van der Waals surface area contributed by atoms with Crippen LogP contribution in [-0.2, 0) is 14.8 Å². The average molecular weight is 259 g/mol. The first kappa shape index (κ1) is 12.5. The van der Waals surface area contributed by atoms with Crippen LogP contribution in [0.25, 0.3) is 0 Å². The third kappa shape index (κ3) is 2.51. The van der Waals surface area contributed by atoms with Gasteiger partial charge in [-0.25, -0.2) is 18.5 Å². The molecule has 1 saturated heterocycles. The van der Waals surface area contributed by atoms with E-state index in [0.29, 0.717) is 13.2 Å². The summed E-state index contributed by atoms with van der Waals surface area (Å²) < 4.78 is 29.8. The van der Waals surface area contributed by atoms with Gasteiger partial charge in [-0.15, -0.1) is 0 Å². The van der Waals surface area contributed by atoms with Crippen LogP contribution in [0.1, 0.15) is 38.1 Å². The summed E-state index contributed by atoms with van der Waals surface area (Å²) in [5.41, 5.74) is 0. The molecule has 2 rings (SSSR count). The number of hydrogen-bond acceptors (Lipinski definition) is 4. The number of nitrogens with two attached hydrogens (primary N) is 1. The average Bonchev–Trinajstić information content (AvgIpc) is 2.85. The Kier molecular flexibility index (Phi) is 3.24. The monoisotopic (exact) mass is 259 g/mol. The molecular formula is C10H17N3O3S. The van der Waals surface area contributed by atoms with Gasteiger partial charge in [-0.3, -0.25) is 0 Å². The van der Waals surface area contributed by atoms with Gasteiger partial charge in [0.15, 0.2) is 5.03 Å². The van der Waals surface area contributed by atoms with Crippen LogP contribution in [0.15, 0.2) is 11.2 Å². The Balaban J connectivity index is 2.45. The summed E-state index contributed by atoms with van der Waals surface area (Å²) in [4.78, 5) is 4.12. The third-order valence-electron chi connectivity index (χ3n) is 2.85. The van der Waals surface area contributed by atoms with Crippen molar-refractivity contribution in [2.75, 3.05) is 13.2 Å². The van der Waals surface area contributed by atoms with E-state index in [0.717, 1.165) is 12.2 Å². The Bertz CT molecular complexity index is 501. The SMILES string of the molecule is CC(C)c1nc(S(N)(=O)=O)cn1C1CCOC1. The highest BCUT2D eigenvalue weighted by Gasteiger charge is 2.25. The van der Waals surface area contributed by atoms with Gasteiger partial charge in [-0.05, 0) is 6.42 Å². The molecule has 1 fully saturated rings. The number of aromatic nitrogens is 2. The summed E-state index contributed by atoms with van der Waals surface area (Å²) in [7, 11) is -3.74. The van der Waals surface area contributed by atoms with Crippen molar-refractivity contribution in [2.24, 2.45) is 5.14 Å². The number of hydrogen-bond donors (Lipinski definition) is 1. The van der Waals surface area contributed by atoms with Crippen molar-refractivity contribution in [2.45, 2.75) is 37.3 Å². The molecule has 0 amide bonds. The number of nitrogens with zero attached hydrogens (tertiary/aromatic N) is 2. The Morgan fingerprint density at radius 1 is 1.59 bits per heavy atom. The molecule has 0 aromatic carbocycles. The number of sulfonamides is 1. The van der Waals surface area contributed by atoms with Crippen LogP contribution in [-0.4, -0.2) is 31.2 Å². The maximum Gasteiger partial charge on any atom is 0.257 e. The largest absolute Gasteiger partial charge is 0.379 e. The van der Waals surface area contributed by atoms with Gasteiger partial charge >= 0.3 is 0 Å². The minimum absolute atomic E-state index is 0.0619. The second-order valence-electron chi connectivity index (χ2n) is 4.56. The molecule has 96 valence electrons. The van der Waals surface area contributed by atoms with Gasteiger partial charge in [0.25, 0.3) is 10.0 Å². The Morgan fingerprint density at radius 2 is 2.29 bits per heavy atom. The van der Waals surface area contributed by atoms with Crippen molar-refractivity contribution in [1.29, 1.82) is 0 Å². The van der Waals surface area contributed by atoms with Gasteiger partial charge in [0.1, 0.15) is 5.82 Å². The molecule has 1 aliphatic rings. The smallest absolute Gasteiger partial charge is 0.257 e. The molecule has 6 nitrogen and oxygen atoms in total. The zero-order chi connectivity index (χ0) is 12.6. The fourth-order valence-corrected chi connectivity index (χ4v) is 2.46. The number of ether oxygens (including phenoxy) is 1. The molecule has 17 heavy (non-hydrogen) atoms. The van der Waals surface area contributed by atoms with Crippen LogP contribution < -0.4 is 5.14 Å². The van der Waals surface area contributed by atoms with Crippen LogP contribution in [0.3, 0.4) is 0 Å². The van der Waals surface area contributed by atoms with Gasteiger partial charge in [0.2, 0.25) is 0 Å². The quantitative estimate of drug-likeness (QED) is 0.861. The predicted octanol–water partition coefficient (Wildman–Crippen LogP) is 0.615. The number of imidazole rings is 1. The lowest BCUT2D eigenvalue weighted by Gasteiger charge is -2.15. The van der Waals surface area contributed by atoms with E-state index >= 15 is 0 Å². The topological polar surface area (TPSA) is 87.2 Å². The Hall–Kier alpha value is -0.920. The highest BCUT2D eigenvalue weighted by molar-refractivity contribution is 7.89. The van der Waals surface area contributed by atoms with Gasteiger partial charge in [-0.2, -0.15) is 0 Å². The van der Waals surface area contributed by atoms with Crippen LogP contribution in [0.2, 0.25) is 0 Å². The standard InChI is InChI=1S/C10H17N3O3S/c1-7(2)10-12-9(17(11,14)15)5-13(10)8-3-4-16-6-8/h5,7-8H,3-4,6H2,1-2H3,(H2,11,14,15). The molecular weight excluding hydrogens is 242 g/mol. The van der Waals surface area contributed by atoms with E-state index < -0.39 is 10.0 Å². The van der Waals surface area contributed by atoms with Crippen molar-refractivity contribution in [3.8, 4) is 0 Å². The zero-order valence-electron chi connectivity index (χ0n) is 9.96. The van der Waals surface area contributed by atoms with Crippen LogP contribution in [0.4, 0.5) is 0 Å². The van der Waals surface area contributed by atoms with Gasteiger partial charge < -0.3 is 9.30 Å². The lowest BCUT2D eigenvalue weighted by Crippen LogP contribution is -2.13. The third-order valence-corrected chi connectivity index (χ3v) is 3.63. The summed E-state index contributed by atoms with van der Waals surface area (Å²) >= 11 is 0. The summed E-state index contributed by atoms with van der Waals surface area (Å²) in [6.07, 6.45) is 2.39. The fourth-order valence-electron chi connectivity index (χ4n) is 1.98. The Labute approximate surface area is 101 Å². The summed E-state index contributed by atoms with van der Waals surface area (Å²) in [6.45, 7) is 5.24. The van der Waals surface area contributed by atoms with Crippen molar-refractivity contribution in [3.63, 3.8) is 0 Å². The second kappa shape index (κ2) is 4.40. The summed E-state index contributed by atoms with van der Waals surface area (Å²) in [5.74, 6) is 0.885. The summed E-state index contributed by atoms with van der Waals surface area (Å²) in [6, 6.07) is 0.162. The molecule has 2 heterocycles. The molecule has 1 atom stereocenters. The number of primary sulfonamides is 1. The molecule has 0 bridgehead atoms. The van der Waals surface area contributed by atoms with E-state index in [1.54, 1.807) is 0 Å². The fraction of sp³-hybridized carbons (Fsp3) is 0.700. The zero-order valence-corrected chi connectivity index (χ0v) is 10.8. The highest BCUT2D eigenvalue weighted by Crippen LogP contribution is 2.26. The van der Waals surface area contributed by atoms with Crippen molar-refractivity contribution >= 4 is 10.0 Å². The first-order valence-electron chi connectivity index (χ1n) is 5.59. The van der Waals surface area contributed by atoms with Crippen LogP contribution in [0, 0.1) is 0 Å². The first-order valence-corrected chi connectivity index (χ1v) is 7.13. The first-order chi connectivity index (χ1) is 7.89. The van der Waals surface area contributed by atoms with Gasteiger partial charge in [-0.1, -0.05) is 13.8 Å². The van der Waals surface area contributed by atoms with E-state index in [1.807, 2.05) is 18.4 Å². The molecule has 1 aromatic heterocycles. The lowest BCUT2D eigenvalue weighted by molar-refractivity contribution is 0.186. The van der Waals surface area contributed by atoms with E-state index in [-0.39, 0.29) is 17.0 Å². The van der Waals surface area contributed by atoms with Gasteiger partial charge in [0.05, 0.1) is 12.6 Å². The predicted molar refractivity (Wildman–Crippen MR) is 62.2 cm³/mol. The molecule has 2 N–H and O–H groups in total. The highest BCUT2D eigenvalue weighted by atomic mass is 32.2. The summed E-state index contributed by atoms with van der Waals surface area (Å²) in [5, 5.41) is 5.04. The molecule has 0 radical (unpaired) electrons. The van der Waals surface area contributed by atoms with Gasteiger partial charge in [0, 0.05) is 18.7 Å². The minimum Gasteiger partial charge on any atom is -0.379 e. The van der Waals surface area contributed by atoms with Crippen LogP contribution >= 0.6 is 0 Å². The van der Waals surface area contributed by atoms with E-state index in [1.165, 1.54) is 6.20 Å². The molecule has 1 unspecified atom stereocenters. The molecule has 7 heteroatoms. The lowest BCUT2D eigenvalue weighted by atomic mass is 10.2. The van der Waals surface area contributed by atoms with Crippen LogP contribution in [0.5, 0.6) is 0 Å². The normalized spacial score (nSPS) is 21.3. The maximum absolute atomic E-state index is 11.3. The van der Waals surface area contributed by atoms with E-state index in [2.05, 4.69) is 4.98 Å². The van der Waals surface area contributed by atoms with Crippen molar-refractivity contribution < 1.29 is 13.2 Å². The van der Waals surface area contributed by atoms with Crippen molar-refractivity contribution in [1.82, 2.24) is 9.55 Å². The maximum atomic E-state index is 11.3. The molecule has 0 aliphatic carbocycles. The molecule has 0 spiro atoms. The second-order valence-corrected chi connectivity index (χ2v) is 6.07. The molecule has 0 saturated carbocycles. The van der Waals surface area contributed by atoms with Crippen molar-refractivity contribution in [3.05, 3.63) is 12.0 Å². The molecule has 1 aliphatic heterocycles. The minimum atomic E-state index is -3.74. The molecule has 1 aromatic rings.